The van der Waals surface area contributed by atoms with Crippen molar-refractivity contribution in [3.8, 4) is 0 Å². The lowest BCUT2D eigenvalue weighted by atomic mass is 10.2. The van der Waals surface area contributed by atoms with E-state index >= 15 is 0 Å². The van der Waals surface area contributed by atoms with E-state index in [0.717, 1.165) is 13.0 Å². The summed E-state index contributed by atoms with van der Waals surface area (Å²) >= 11 is 13.4. The lowest BCUT2D eigenvalue weighted by molar-refractivity contribution is 0.0986. The summed E-state index contributed by atoms with van der Waals surface area (Å²) < 4.78 is 14.7. The molecule has 0 spiro atoms. The number of carbonyl (C=O) groups is 1. The molecule has 0 aliphatic rings. The van der Waals surface area contributed by atoms with Crippen molar-refractivity contribution in [2.75, 3.05) is 32.1 Å². The smallest absolute Gasteiger partial charge is 0.260 e. The van der Waals surface area contributed by atoms with E-state index in [1.807, 2.05) is 19.0 Å². The van der Waals surface area contributed by atoms with E-state index in [2.05, 4.69) is 4.98 Å². The molecule has 0 bridgehead atoms. The Morgan fingerprint density at radius 1 is 1.14 bits per heavy atom. The summed E-state index contributed by atoms with van der Waals surface area (Å²) in [6.07, 6.45) is 0.742. The summed E-state index contributed by atoms with van der Waals surface area (Å²) in [7, 11) is 3.94. The SMILES string of the molecule is CN(C)CCCN(C(=O)c1cc(Cl)cc(Cl)c1)c1nc2c(F)cccc2s1.Cl. The second-order valence-corrected chi connectivity index (χ2v) is 8.24. The lowest BCUT2D eigenvalue weighted by Gasteiger charge is -2.21. The van der Waals surface area contributed by atoms with Crippen LogP contribution >= 0.6 is 46.9 Å². The number of hydrogen-bond donors (Lipinski definition) is 0. The summed E-state index contributed by atoms with van der Waals surface area (Å²) in [5.74, 6) is -0.667. The van der Waals surface area contributed by atoms with Gasteiger partial charge in [0.2, 0.25) is 0 Å². The number of nitrogens with zero attached hydrogens (tertiary/aromatic N) is 3. The Morgan fingerprint density at radius 3 is 2.43 bits per heavy atom. The molecule has 0 N–H and O–H groups in total. The Balaban J connectivity index is 0.00000280. The number of thiazole rings is 1. The van der Waals surface area contributed by atoms with Crippen LogP contribution in [0.3, 0.4) is 0 Å². The first kappa shape index (κ1) is 22.8. The summed E-state index contributed by atoms with van der Waals surface area (Å²) in [6.45, 7) is 1.25. The number of carbonyl (C=O) groups excluding carboxylic acids is 1. The van der Waals surface area contributed by atoms with Gasteiger partial charge in [-0.05, 0) is 57.4 Å². The maximum atomic E-state index is 14.0. The van der Waals surface area contributed by atoms with Crippen LogP contribution in [0.4, 0.5) is 9.52 Å². The van der Waals surface area contributed by atoms with Crippen LogP contribution in [0.25, 0.3) is 10.2 Å². The van der Waals surface area contributed by atoms with Crippen LogP contribution < -0.4 is 4.90 Å². The second kappa shape index (κ2) is 9.85. The molecule has 0 fully saturated rings. The molecule has 0 unspecified atom stereocenters. The first-order valence-corrected chi connectivity index (χ1v) is 9.90. The number of halogens is 4. The number of fused-ring (bicyclic) bond motifs is 1. The van der Waals surface area contributed by atoms with Crippen LogP contribution in [0, 0.1) is 5.82 Å². The normalized spacial score (nSPS) is 10.9. The van der Waals surface area contributed by atoms with Gasteiger partial charge in [-0.3, -0.25) is 9.69 Å². The molecule has 1 aromatic heterocycles. The molecule has 3 aromatic rings. The minimum atomic E-state index is -0.401. The van der Waals surface area contributed by atoms with Gasteiger partial charge in [0.05, 0.1) is 4.70 Å². The fourth-order valence-electron chi connectivity index (χ4n) is 2.68. The summed E-state index contributed by atoms with van der Waals surface area (Å²) in [6, 6.07) is 9.50. The van der Waals surface area contributed by atoms with Gasteiger partial charge >= 0.3 is 0 Å². The van der Waals surface area contributed by atoms with Crippen molar-refractivity contribution in [1.29, 1.82) is 0 Å². The third-order valence-electron chi connectivity index (χ3n) is 3.93. The van der Waals surface area contributed by atoms with E-state index in [0.29, 0.717) is 32.0 Å². The zero-order valence-electron chi connectivity index (χ0n) is 15.3. The molecule has 3 rings (SSSR count). The molecule has 0 aliphatic heterocycles. The predicted molar refractivity (Wildman–Crippen MR) is 118 cm³/mol. The quantitative estimate of drug-likeness (QED) is 0.467. The largest absolute Gasteiger partial charge is 0.309 e. The van der Waals surface area contributed by atoms with Crippen molar-refractivity contribution >= 4 is 68.2 Å². The average Bonchev–Trinajstić information content (AvgIpc) is 3.02. The number of anilines is 1. The molecular formula is C19H19Cl3FN3OS. The Kier molecular flexibility index (Phi) is 8.04. The molecule has 9 heteroatoms. The molecule has 28 heavy (non-hydrogen) atoms. The summed E-state index contributed by atoms with van der Waals surface area (Å²) in [5, 5.41) is 1.22. The number of amides is 1. The molecule has 0 atom stereocenters. The number of rotatable bonds is 6. The van der Waals surface area contributed by atoms with Gasteiger partial charge in [-0.15, -0.1) is 12.4 Å². The first-order chi connectivity index (χ1) is 12.8. The van der Waals surface area contributed by atoms with E-state index < -0.39 is 5.82 Å². The van der Waals surface area contributed by atoms with Crippen LogP contribution in [-0.4, -0.2) is 43.0 Å². The highest BCUT2D eigenvalue weighted by Gasteiger charge is 2.22. The number of hydrogen-bond acceptors (Lipinski definition) is 4. The van der Waals surface area contributed by atoms with Gasteiger partial charge in [-0.2, -0.15) is 0 Å². The maximum Gasteiger partial charge on any atom is 0.260 e. The van der Waals surface area contributed by atoms with Gasteiger partial charge in [0.1, 0.15) is 11.3 Å². The van der Waals surface area contributed by atoms with Crippen LogP contribution in [0.5, 0.6) is 0 Å². The third kappa shape index (κ3) is 5.33. The van der Waals surface area contributed by atoms with Crippen LogP contribution in [-0.2, 0) is 0 Å². The van der Waals surface area contributed by atoms with Crippen molar-refractivity contribution < 1.29 is 9.18 Å². The van der Waals surface area contributed by atoms with Crippen LogP contribution in [0.2, 0.25) is 10.0 Å². The fourth-order valence-corrected chi connectivity index (χ4v) is 4.21. The van der Waals surface area contributed by atoms with Gasteiger partial charge in [0, 0.05) is 22.2 Å². The molecule has 150 valence electrons. The number of benzene rings is 2. The molecule has 2 aromatic carbocycles. The molecule has 1 amide bonds. The van der Waals surface area contributed by atoms with Crippen molar-refractivity contribution in [2.45, 2.75) is 6.42 Å². The minimum absolute atomic E-state index is 0. The van der Waals surface area contributed by atoms with E-state index in [4.69, 9.17) is 23.2 Å². The second-order valence-electron chi connectivity index (χ2n) is 6.35. The highest BCUT2D eigenvalue weighted by atomic mass is 35.5. The van der Waals surface area contributed by atoms with Gasteiger partial charge in [-0.1, -0.05) is 40.6 Å². The molecule has 0 radical (unpaired) electrons. The van der Waals surface area contributed by atoms with Crippen molar-refractivity contribution in [2.24, 2.45) is 0 Å². The number of aromatic nitrogens is 1. The predicted octanol–water partition coefficient (Wildman–Crippen LogP) is 5.76. The van der Waals surface area contributed by atoms with E-state index in [-0.39, 0.29) is 23.8 Å². The topological polar surface area (TPSA) is 36.4 Å². The van der Waals surface area contributed by atoms with Crippen LogP contribution in [0.1, 0.15) is 16.8 Å². The summed E-state index contributed by atoms with van der Waals surface area (Å²) in [4.78, 5) is 21.1. The monoisotopic (exact) mass is 461 g/mol. The van der Waals surface area contributed by atoms with Crippen LogP contribution in [0.15, 0.2) is 36.4 Å². The Labute approximate surface area is 183 Å². The average molecular weight is 463 g/mol. The van der Waals surface area contributed by atoms with E-state index in [9.17, 15) is 9.18 Å². The Morgan fingerprint density at radius 2 is 1.82 bits per heavy atom. The van der Waals surface area contributed by atoms with Crippen molar-refractivity contribution in [3.05, 3.63) is 57.8 Å². The fraction of sp³-hybridized carbons (Fsp3) is 0.263. The minimum Gasteiger partial charge on any atom is -0.309 e. The molecule has 1 heterocycles. The number of para-hydroxylation sites is 1. The molecule has 0 saturated carbocycles. The Bertz CT molecular complexity index is 960. The van der Waals surface area contributed by atoms with Gasteiger partial charge in [0.25, 0.3) is 5.91 Å². The summed E-state index contributed by atoms with van der Waals surface area (Å²) in [5.41, 5.74) is 0.643. The molecule has 4 nitrogen and oxygen atoms in total. The van der Waals surface area contributed by atoms with E-state index in [1.54, 1.807) is 35.2 Å². The van der Waals surface area contributed by atoms with Gasteiger partial charge in [0.15, 0.2) is 5.13 Å². The van der Waals surface area contributed by atoms with Crippen molar-refractivity contribution in [3.63, 3.8) is 0 Å². The van der Waals surface area contributed by atoms with Gasteiger partial charge < -0.3 is 4.90 Å². The van der Waals surface area contributed by atoms with E-state index in [1.165, 1.54) is 17.4 Å². The highest BCUT2D eigenvalue weighted by Crippen LogP contribution is 2.32. The lowest BCUT2D eigenvalue weighted by Crippen LogP contribution is -2.33. The third-order valence-corrected chi connectivity index (χ3v) is 5.41. The zero-order chi connectivity index (χ0) is 19.6. The molecule has 0 aliphatic carbocycles. The zero-order valence-corrected chi connectivity index (χ0v) is 18.4. The first-order valence-electron chi connectivity index (χ1n) is 8.33. The highest BCUT2D eigenvalue weighted by molar-refractivity contribution is 7.22. The van der Waals surface area contributed by atoms with Gasteiger partial charge in [-0.25, -0.2) is 9.37 Å². The molecule has 0 saturated heterocycles. The molecular weight excluding hydrogens is 444 g/mol. The maximum absolute atomic E-state index is 14.0. The Hall–Kier alpha value is -1.44. The van der Waals surface area contributed by atoms with Crippen molar-refractivity contribution in [1.82, 2.24) is 9.88 Å². The standard InChI is InChI=1S/C19H18Cl2FN3OS.ClH/c1-24(2)7-4-8-25(18(26)12-9-13(20)11-14(21)10-12)19-23-17-15(22)5-3-6-16(17)27-19;/h3,5-6,9-11H,4,7-8H2,1-2H3;1H.